The predicted molar refractivity (Wildman–Crippen MR) is 103 cm³/mol. The molecule has 2 saturated carbocycles. The Bertz CT molecular complexity index is 361. The molecule has 0 bridgehead atoms. The summed E-state index contributed by atoms with van der Waals surface area (Å²) in [7, 11) is 1.41. The molecule has 0 heterocycles. The Labute approximate surface area is 143 Å². The Kier molecular flexibility index (Phi) is 5.90. The molecule has 130 valence electrons. The van der Waals surface area contributed by atoms with Crippen LogP contribution in [-0.4, -0.2) is 10.2 Å². The highest BCUT2D eigenvalue weighted by molar-refractivity contribution is 6.16. The fourth-order valence-electron chi connectivity index (χ4n) is 6.01. The maximum absolute atomic E-state index is 2.52. The van der Waals surface area contributed by atoms with Gasteiger partial charge in [0, 0.05) is 10.2 Å². The van der Waals surface area contributed by atoms with Gasteiger partial charge in [-0.2, -0.15) is 0 Å². The third-order valence-electron chi connectivity index (χ3n) is 8.39. The lowest BCUT2D eigenvalue weighted by atomic mass is 9.52. The van der Waals surface area contributed by atoms with Gasteiger partial charge in [0.25, 0.3) is 0 Å². The number of hydrogen-bond donors (Lipinski definition) is 0. The summed E-state index contributed by atoms with van der Waals surface area (Å²) >= 11 is 0. The van der Waals surface area contributed by atoms with E-state index in [9.17, 15) is 0 Å². The number of hydrogen-bond acceptors (Lipinski definition) is 0. The first-order chi connectivity index (χ1) is 10.2. The van der Waals surface area contributed by atoms with E-state index in [4.69, 9.17) is 0 Å². The minimum Gasteiger partial charge on any atom is -0.0654 e. The van der Waals surface area contributed by atoms with Gasteiger partial charge in [-0.1, -0.05) is 61.3 Å². The zero-order valence-electron chi connectivity index (χ0n) is 16.7. The first-order valence-corrected chi connectivity index (χ1v) is 11.2. The minimum atomic E-state index is 0.752. The van der Waals surface area contributed by atoms with Gasteiger partial charge >= 0.3 is 0 Å². The lowest BCUT2D eigenvalue weighted by molar-refractivity contribution is -0.0277. The van der Waals surface area contributed by atoms with Crippen LogP contribution in [-0.2, 0) is 0 Å². The van der Waals surface area contributed by atoms with Crippen molar-refractivity contribution in [1.29, 1.82) is 0 Å². The highest BCUT2D eigenvalue weighted by Crippen LogP contribution is 2.65. The van der Waals surface area contributed by atoms with E-state index in [0.717, 1.165) is 52.4 Å². The van der Waals surface area contributed by atoms with Crippen molar-refractivity contribution in [3.8, 4) is 0 Å². The maximum atomic E-state index is 2.52. The summed E-state index contributed by atoms with van der Waals surface area (Å²) in [5.74, 6) is 7.85. The van der Waals surface area contributed by atoms with Crippen molar-refractivity contribution in [3.05, 3.63) is 0 Å². The van der Waals surface area contributed by atoms with E-state index in [1.165, 1.54) is 29.5 Å². The highest BCUT2D eigenvalue weighted by Gasteiger charge is 2.53. The molecule has 2 aliphatic rings. The van der Waals surface area contributed by atoms with E-state index in [0.29, 0.717) is 0 Å². The topological polar surface area (TPSA) is 0 Å². The summed E-state index contributed by atoms with van der Waals surface area (Å²) in [6.07, 6.45) is 7.47. The average molecular weight is 323 g/mol. The Morgan fingerprint density at radius 3 is 2.09 bits per heavy atom. The van der Waals surface area contributed by atoms with Gasteiger partial charge in [0.2, 0.25) is 0 Å². The SMILES string of the molecule is CCC[C@H]1CC(CC(C(C)C)C2CC(C)C2C)[C@]1([SiH3])C(C)C. The van der Waals surface area contributed by atoms with Crippen LogP contribution in [0, 0.1) is 47.3 Å². The van der Waals surface area contributed by atoms with E-state index in [2.05, 4.69) is 48.5 Å². The van der Waals surface area contributed by atoms with E-state index in [1.54, 1.807) is 12.8 Å². The molecule has 0 aromatic rings. The lowest BCUT2D eigenvalue weighted by Gasteiger charge is -2.60. The van der Waals surface area contributed by atoms with Crippen molar-refractivity contribution < 1.29 is 0 Å². The second-order valence-corrected chi connectivity index (χ2v) is 11.6. The van der Waals surface area contributed by atoms with Gasteiger partial charge in [-0.15, -0.1) is 0 Å². The van der Waals surface area contributed by atoms with Crippen LogP contribution in [0.15, 0.2) is 0 Å². The van der Waals surface area contributed by atoms with Gasteiger partial charge in [-0.3, -0.25) is 0 Å². The maximum Gasteiger partial charge on any atom is 0.0117 e. The van der Waals surface area contributed by atoms with Crippen molar-refractivity contribution >= 4 is 10.2 Å². The van der Waals surface area contributed by atoms with Crippen LogP contribution in [0.5, 0.6) is 0 Å². The summed E-state index contributed by atoms with van der Waals surface area (Å²) in [5.41, 5.74) is 0. The Balaban J connectivity index is 2.04. The highest BCUT2D eigenvalue weighted by atomic mass is 28.1. The zero-order valence-corrected chi connectivity index (χ0v) is 18.7. The molecule has 0 amide bonds. The monoisotopic (exact) mass is 322 g/mol. The first-order valence-electron chi connectivity index (χ1n) is 10.2. The summed E-state index contributed by atoms with van der Waals surface area (Å²) < 4.78 is 0. The Hall–Kier alpha value is 0.217. The summed E-state index contributed by atoms with van der Waals surface area (Å²) in [6.45, 7) is 17.4. The Morgan fingerprint density at radius 1 is 1.05 bits per heavy atom. The lowest BCUT2D eigenvalue weighted by Crippen LogP contribution is -2.50. The smallest absolute Gasteiger partial charge is 0.0117 e. The molecule has 2 aliphatic carbocycles. The molecular weight excluding hydrogens is 280 g/mol. The fourth-order valence-corrected chi connectivity index (χ4v) is 7.01. The van der Waals surface area contributed by atoms with Gasteiger partial charge in [-0.25, -0.2) is 0 Å². The molecule has 5 unspecified atom stereocenters. The van der Waals surface area contributed by atoms with Crippen molar-refractivity contribution in [2.75, 3.05) is 0 Å². The molecule has 0 spiro atoms. The predicted octanol–water partition coefficient (Wildman–Crippen LogP) is 5.56. The average Bonchev–Trinajstić information content (AvgIpc) is 2.46. The van der Waals surface area contributed by atoms with Crippen LogP contribution >= 0.6 is 0 Å². The van der Waals surface area contributed by atoms with Gasteiger partial charge < -0.3 is 0 Å². The molecule has 0 nitrogen and oxygen atoms in total. The van der Waals surface area contributed by atoms with Crippen LogP contribution in [0.1, 0.15) is 80.6 Å². The summed E-state index contributed by atoms with van der Waals surface area (Å²) in [4.78, 5) is 0. The van der Waals surface area contributed by atoms with Crippen molar-refractivity contribution in [3.63, 3.8) is 0 Å². The third-order valence-corrected chi connectivity index (χ3v) is 11.2. The molecule has 7 atom stereocenters. The largest absolute Gasteiger partial charge is 0.0654 e. The molecule has 2 fully saturated rings. The molecule has 0 aliphatic heterocycles. The van der Waals surface area contributed by atoms with Crippen molar-refractivity contribution in [2.24, 2.45) is 47.3 Å². The first kappa shape index (κ1) is 18.6. The number of rotatable bonds is 7. The fraction of sp³-hybridized carbons (Fsp3) is 1.00. The van der Waals surface area contributed by atoms with Crippen molar-refractivity contribution in [1.82, 2.24) is 0 Å². The molecule has 0 saturated heterocycles. The quantitative estimate of drug-likeness (QED) is 0.538. The van der Waals surface area contributed by atoms with Gasteiger partial charge in [-0.05, 0) is 71.6 Å². The van der Waals surface area contributed by atoms with E-state index in [1.807, 2.05) is 0 Å². The van der Waals surface area contributed by atoms with E-state index in [-0.39, 0.29) is 0 Å². The standard InChI is InChI=1S/C21H42Si/c1-8-9-17-11-18(21(17,22)14(4)5)12-19(13(2)3)20-10-15(6)16(20)7/h13-20H,8-12H2,1-7,22H3/t15?,16?,17-,18?,19?,20?,21-/m0/s1. The zero-order chi connectivity index (χ0) is 16.7. The molecule has 0 radical (unpaired) electrons. The second kappa shape index (κ2) is 6.99. The van der Waals surface area contributed by atoms with Gasteiger partial charge in [0.15, 0.2) is 0 Å². The van der Waals surface area contributed by atoms with E-state index >= 15 is 0 Å². The molecular formula is C21H42Si. The van der Waals surface area contributed by atoms with E-state index < -0.39 is 0 Å². The normalized spacial score (nSPS) is 43.2. The van der Waals surface area contributed by atoms with Crippen LogP contribution in [0.3, 0.4) is 0 Å². The molecule has 0 N–H and O–H groups in total. The minimum absolute atomic E-state index is 0.752. The molecule has 1 heteroatoms. The summed E-state index contributed by atoms with van der Waals surface area (Å²) in [6, 6.07) is 0. The summed E-state index contributed by atoms with van der Waals surface area (Å²) in [5, 5.41) is 0.752. The third kappa shape index (κ3) is 3.08. The van der Waals surface area contributed by atoms with Crippen LogP contribution in [0.25, 0.3) is 0 Å². The van der Waals surface area contributed by atoms with Gasteiger partial charge in [0.1, 0.15) is 0 Å². The Morgan fingerprint density at radius 2 is 1.68 bits per heavy atom. The van der Waals surface area contributed by atoms with Gasteiger partial charge in [0.05, 0.1) is 0 Å². The molecule has 22 heavy (non-hydrogen) atoms. The molecule has 0 aromatic heterocycles. The molecule has 2 rings (SSSR count). The molecule has 0 aromatic carbocycles. The van der Waals surface area contributed by atoms with Crippen LogP contribution in [0.4, 0.5) is 0 Å². The van der Waals surface area contributed by atoms with Crippen LogP contribution in [0.2, 0.25) is 5.04 Å². The van der Waals surface area contributed by atoms with Crippen LogP contribution < -0.4 is 0 Å². The van der Waals surface area contributed by atoms with Crippen molar-refractivity contribution in [2.45, 2.75) is 85.6 Å². The second-order valence-electron chi connectivity index (χ2n) is 9.82.